The van der Waals surface area contributed by atoms with E-state index in [9.17, 15) is 4.79 Å². The van der Waals surface area contributed by atoms with Gasteiger partial charge in [0.2, 0.25) is 0 Å². The van der Waals surface area contributed by atoms with E-state index in [-0.39, 0.29) is 5.97 Å². The zero-order valence-electron chi connectivity index (χ0n) is 13.5. The highest BCUT2D eigenvalue weighted by Gasteiger charge is 2.35. The average molecular weight is 290 g/mol. The third kappa shape index (κ3) is 3.83. The summed E-state index contributed by atoms with van der Waals surface area (Å²) in [5.41, 5.74) is 0.822. The molecule has 2 rings (SSSR count). The summed E-state index contributed by atoms with van der Waals surface area (Å²) < 4.78 is 4.94. The molecule has 0 aliphatic carbocycles. The first-order chi connectivity index (χ1) is 9.94. The van der Waals surface area contributed by atoms with Crippen LogP contribution in [0.4, 0.5) is 0 Å². The van der Waals surface area contributed by atoms with Crippen LogP contribution in [0.3, 0.4) is 0 Å². The van der Waals surface area contributed by atoms with Crippen LogP contribution in [0.25, 0.3) is 0 Å². The molecule has 0 saturated carbocycles. The molecule has 0 bridgehead atoms. The van der Waals surface area contributed by atoms with Gasteiger partial charge in [-0.2, -0.15) is 0 Å². The van der Waals surface area contributed by atoms with E-state index in [0.29, 0.717) is 12.6 Å². The maximum atomic E-state index is 12.0. The van der Waals surface area contributed by atoms with Gasteiger partial charge in [-0.15, -0.1) is 0 Å². The van der Waals surface area contributed by atoms with Gasteiger partial charge in [-0.3, -0.25) is 9.69 Å². The van der Waals surface area contributed by atoms with Crippen LogP contribution in [0.5, 0.6) is 0 Å². The van der Waals surface area contributed by atoms with E-state index in [2.05, 4.69) is 41.1 Å². The minimum absolute atomic E-state index is 0.145. The van der Waals surface area contributed by atoms with Gasteiger partial charge in [-0.1, -0.05) is 30.3 Å². The summed E-state index contributed by atoms with van der Waals surface area (Å²) in [6.07, 6.45) is 0. The Labute approximate surface area is 127 Å². The number of rotatable bonds is 4. The van der Waals surface area contributed by atoms with Gasteiger partial charge >= 0.3 is 5.97 Å². The molecule has 1 aromatic carbocycles. The zero-order chi connectivity index (χ0) is 15.5. The summed E-state index contributed by atoms with van der Waals surface area (Å²) in [6.45, 7) is 7.61. The number of methoxy groups -OCH3 is 1. The van der Waals surface area contributed by atoms with Gasteiger partial charge < -0.3 is 9.64 Å². The van der Waals surface area contributed by atoms with Gasteiger partial charge in [0.05, 0.1) is 12.5 Å². The number of carbonyl (C=O) groups is 1. The Bertz CT molecular complexity index is 473. The van der Waals surface area contributed by atoms with Gasteiger partial charge in [0.1, 0.15) is 0 Å². The summed E-state index contributed by atoms with van der Waals surface area (Å²) in [4.78, 5) is 16.7. The van der Waals surface area contributed by atoms with Crippen molar-refractivity contribution in [2.75, 3.05) is 40.3 Å². The normalized spacial score (nSPS) is 21.2. The van der Waals surface area contributed by atoms with Crippen LogP contribution in [-0.2, 0) is 9.53 Å². The lowest BCUT2D eigenvalue weighted by molar-refractivity contribution is -0.152. The number of esters is 1. The summed E-state index contributed by atoms with van der Waals surface area (Å²) in [5.74, 6) is -0.145. The van der Waals surface area contributed by atoms with Crippen molar-refractivity contribution in [1.82, 2.24) is 9.80 Å². The van der Waals surface area contributed by atoms with Crippen molar-refractivity contribution in [2.45, 2.75) is 19.9 Å². The van der Waals surface area contributed by atoms with Crippen LogP contribution in [0.15, 0.2) is 30.3 Å². The minimum atomic E-state index is -0.488. The highest BCUT2D eigenvalue weighted by atomic mass is 16.5. The number of hydrogen-bond donors (Lipinski definition) is 0. The molecule has 0 aromatic heterocycles. The molecule has 4 heteroatoms. The number of benzene rings is 1. The Morgan fingerprint density at radius 3 is 2.57 bits per heavy atom. The molecular formula is C17H26N2O2. The predicted molar refractivity (Wildman–Crippen MR) is 84.1 cm³/mol. The van der Waals surface area contributed by atoms with E-state index in [0.717, 1.165) is 19.6 Å². The average Bonchev–Trinajstić information content (AvgIpc) is 2.49. The standard InChI is InChI=1S/C17H26N2O2/c1-17(2,16(20)21-4)13-19-11-10-18(3)12-15(19)14-8-6-5-7-9-14/h5-9,15H,10-13H2,1-4H3. The molecule has 1 heterocycles. The van der Waals surface area contributed by atoms with Crippen molar-refractivity contribution in [3.8, 4) is 0 Å². The lowest BCUT2D eigenvalue weighted by atomic mass is 9.90. The van der Waals surface area contributed by atoms with E-state index in [1.165, 1.54) is 12.7 Å². The largest absolute Gasteiger partial charge is 0.469 e. The number of likely N-dealkylation sites (N-methyl/N-ethyl adjacent to an activating group) is 1. The maximum Gasteiger partial charge on any atom is 0.312 e. The second kappa shape index (κ2) is 6.58. The third-order valence-electron chi connectivity index (χ3n) is 4.22. The first-order valence-electron chi connectivity index (χ1n) is 7.50. The van der Waals surface area contributed by atoms with Crippen LogP contribution in [0.1, 0.15) is 25.5 Å². The van der Waals surface area contributed by atoms with E-state index in [1.54, 1.807) is 0 Å². The molecule has 1 aliphatic rings. The van der Waals surface area contributed by atoms with Gasteiger partial charge in [0.15, 0.2) is 0 Å². The fraction of sp³-hybridized carbons (Fsp3) is 0.588. The SMILES string of the molecule is COC(=O)C(C)(C)CN1CCN(C)CC1c1ccccc1. The van der Waals surface area contributed by atoms with Gasteiger partial charge in [0, 0.05) is 32.2 Å². The first kappa shape index (κ1) is 16.0. The first-order valence-corrected chi connectivity index (χ1v) is 7.50. The Morgan fingerprint density at radius 2 is 1.95 bits per heavy atom. The molecule has 1 unspecified atom stereocenters. The second-order valence-corrected chi connectivity index (χ2v) is 6.53. The molecule has 4 nitrogen and oxygen atoms in total. The Balaban J connectivity index is 2.18. The number of piperazine rings is 1. The molecule has 1 aliphatic heterocycles. The molecule has 0 amide bonds. The number of hydrogen-bond acceptors (Lipinski definition) is 4. The summed E-state index contributed by atoms with van der Waals surface area (Å²) in [7, 11) is 3.61. The molecule has 21 heavy (non-hydrogen) atoms. The Morgan fingerprint density at radius 1 is 1.29 bits per heavy atom. The molecule has 116 valence electrons. The van der Waals surface area contributed by atoms with Crippen molar-refractivity contribution in [3.05, 3.63) is 35.9 Å². The van der Waals surface area contributed by atoms with E-state index in [1.807, 2.05) is 19.9 Å². The number of ether oxygens (including phenoxy) is 1. The van der Waals surface area contributed by atoms with Crippen molar-refractivity contribution in [3.63, 3.8) is 0 Å². The predicted octanol–water partition coefficient (Wildman–Crippen LogP) is 2.17. The maximum absolute atomic E-state index is 12.0. The zero-order valence-corrected chi connectivity index (χ0v) is 13.5. The van der Waals surface area contributed by atoms with Crippen molar-refractivity contribution >= 4 is 5.97 Å². The Hall–Kier alpha value is -1.39. The van der Waals surface area contributed by atoms with Gasteiger partial charge in [-0.25, -0.2) is 0 Å². The van der Waals surface area contributed by atoms with Crippen LogP contribution in [0.2, 0.25) is 0 Å². The fourth-order valence-electron chi connectivity index (χ4n) is 2.99. The minimum Gasteiger partial charge on any atom is -0.469 e. The molecule has 1 fully saturated rings. The molecule has 0 radical (unpaired) electrons. The molecular weight excluding hydrogens is 264 g/mol. The van der Waals surface area contributed by atoms with Gasteiger partial charge in [0.25, 0.3) is 0 Å². The van der Waals surface area contributed by atoms with Crippen LogP contribution in [-0.4, -0.2) is 56.1 Å². The summed E-state index contributed by atoms with van der Waals surface area (Å²) >= 11 is 0. The monoisotopic (exact) mass is 290 g/mol. The molecule has 1 atom stereocenters. The highest BCUT2D eigenvalue weighted by molar-refractivity contribution is 5.76. The van der Waals surface area contributed by atoms with Crippen LogP contribution >= 0.6 is 0 Å². The lowest BCUT2D eigenvalue weighted by Crippen LogP contribution is -2.51. The molecule has 0 spiro atoms. The van der Waals surface area contributed by atoms with Crippen LogP contribution in [0, 0.1) is 5.41 Å². The van der Waals surface area contributed by atoms with E-state index >= 15 is 0 Å². The Kier molecular flexibility index (Phi) is 5.01. The van der Waals surface area contributed by atoms with Crippen molar-refractivity contribution < 1.29 is 9.53 Å². The van der Waals surface area contributed by atoms with Crippen molar-refractivity contribution in [2.24, 2.45) is 5.41 Å². The van der Waals surface area contributed by atoms with E-state index in [4.69, 9.17) is 4.74 Å². The van der Waals surface area contributed by atoms with Crippen LogP contribution < -0.4 is 0 Å². The smallest absolute Gasteiger partial charge is 0.312 e. The topological polar surface area (TPSA) is 32.8 Å². The fourth-order valence-corrected chi connectivity index (χ4v) is 2.99. The number of nitrogens with zero attached hydrogens (tertiary/aromatic N) is 2. The third-order valence-corrected chi connectivity index (χ3v) is 4.22. The highest BCUT2D eigenvalue weighted by Crippen LogP contribution is 2.29. The second-order valence-electron chi connectivity index (χ2n) is 6.53. The number of carbonyl (C=O) groups excluding carboxylic acids is 1. The lowest BCUT2D eigenvalue weighted by Gasteiger charge is -2.43. The van der Waals surface area contributed by atoms with E-state index < -0.39 is 5.41 Å². The van der Waals surface area contributed by atoms with Gasteiger partial charge in [-0.05, 0) is 26.5 Å². The van der Waals surface area contributed by atoms with Crippen molar-refractivity contribution in [1.29, 1.82) is 0 Å². The summed E-state index contributed by atoms with van der Waals surface area (Å²) in [6, 6.07) is 10.9. The summed E-state index contributed by atoms with van der Waals surface area (Å²) in [5, 5.41) is 0. The molecule has 0 N–H and O–H groups in total. The quantitative estimate of drug-likeness (QED) is 0.796. The molecule has 1 aromatic rings. The molecule has 1 saturated heterocycles.